The van der Waals surface area contributed by atoms with Crippen molar-refractivity contribution in [2.24, 2.45) is 0 Å². The minimum absolute atomic E-state index is 0.238. The van der Waals surface area contributed by atoms with E-state index in [4.69, 9.17) is 17.0 Å². The molecule has 5 nitrogen and oxygen atoms in total. The second-order valence-corrected chi connectivity index (χ2v) is 4.93. The van der Waals surface area contributed by atoms with Gasteiger partial charge in [-0.1, -0.05) is 30.3 Å². The fourth-order valence-corrected chi connectivity index (χ4v) is 2.21. The van der Waals surface area contributed by atoms with Crippen LogP contribution in [0.15, 0.2) is 48.5 Å². The normalized spacial score (nSPS) is 10.5. The molecule has 21 heavy (non-hydrogen) atoms. The summed E-state index contributed by atoms with van der Waals surface area (Å²) in [7, 11) is 0. The molecule has 1 heterocycles. The van der Waals surface area contributed by atoms with Crippen LogP contribution >= 0.6 is 12.2 Å². The molecule has 106 valence electrons. The number of nitrogens with one attached hydrogen (secondary N) is 3. The van der Waals surface area contributed by atoms with Gasteiger partial charge in [0, 0.05) is 5.69 Å². The Hall–Kier alpha value is -2.60. The van der Waals surface area contributed by atoms with Crippen molar-refractivity contribution in [1.82, 2.24) is 9.97 Å². The predicted octanol–water partition coefficient (Wildman–Crippen LogP) is 3.97. The molecule has 0 saturated heterocycles. The number of carbonyl (C=O) groups excluding carboxylic acids is 1. The smallest absolute Gasteiger partial charge is 0.411 e. The van der Waals surface area contributed by atoms with E-state index in [-0.39, 0.29) is 6.61 Å². The summed E-state index contributed by atoms with van der Waals surface area (Å²) < 4.78 is 5.71. The van der Waals surface area contributed by atoms with E-state index in [0.29, 0.717) is 10.5 Å². The molecule has 6 heteroatoms. The van der Waals surface area contributed by atoms with Crippen molar-refractivity contribution in [3.05, 3.63) is 58.9 Å². The molecular formula is C15H13N3O2S. The summed E-state index contributed by atoms with van der Waals surface area (Å²) in [6, 6.07) is 14.9. The highest BCUT2D eigenvalue weighted by molar-refractivity contribution is 7.71. The van der Waals surface area contributed by atoms with E-state index in [9.17, 15) is 4.79 Å². The number of aromatic amines is 2. The van der Waals surface area contributed by atoms with Gasteiger partial charge in [0.1, 0.15) is 6.61 Å². The van der Waals surface area contributed by atoms with Crippen molar-refractivity contribution < 1.29 is 9.53 Å². The Labute approximate surface area is 126 Å². The molecule has 0 aliphatic rings. The van der Waals surface area contributed by atoms with Crippen LogP contribution in [0.25, 0.3) is 11.0 Å². The fraction of sp³-hybridized carbons (Fsp3) is 0.0667. The van der Waals surface area contributed by atoms with Crippen molar-refractivity contribution in [2.45, 2.75) is 6.61 Å². The van der Waals surface area contributed by atoms with Gasteiger partial charge in [-0.15, -0.1) is 0 Å². The monoisotopic (exact) mass is 299 g/mol. The third-order valence-electron chi connectivity index (χ3n) is 2.98. The first-order valence-corrected chi connectivity index (χ1v) is 6.81. The van der Waals surface area contributed by atoms with Crippen molar-refractivity contribution in [2.75, 3.05) is 5.32 Å². The highest BCUT2D eigenvalue weighted by atomic mass is 32.1. The Kier molecular flexibility index (Phi) is 3.70. The van der Waals surface area contributed by atoms with Gasteiger partial charge >= 0.3 is 6.09 Å². The molecule has 0 aliphatic heterocycles. The number of imidazole rings is 1. The molecule has 3 N–H and O–H groups in total. The minimum Gasteiger partial charge on any atom is -0.444 e. The Balaban J connectivity index is 1.64. The molecule has 1 aromatic heterocycles. The van der Waals surface area contributed by atoms with Crippen molar-refractivity contribution >= 4 is 35.0 Å². The van der Waals surface area contributed by atoms with E-state index in [1.54, 1.807) is 12.1 Å². The van der Waals surface area contributed by atoms with E-state index in [1.165, 1.54) is 0 Å². The van der Waals surface area contributed by atoms with Crippen molar-refractivity contribution in [3.8, 4) is 0 Å². The van der Waals surface area contributed by atoms with E-state index in [1.807, 2.05) is 36.4 Å². The van der Waals surface area contributed by atoms with Crippen LogP contribution in [0.2, 0.25) is 0 Å². The maximum Gasteiger partial charge on any atom is 0.411 e. The Bertz CT molecular complexity index is 824. The largest absolute Gasteiger partial charge is 0.444 e. The molecule has 0 spiro atoms. The standard InChI is InChI=1S/C15H13N3O2S/c19-15(20-9-10-4-2-1-3-5-10)16-11-6-7-12-13(8-11)18-14(21)17-12/h1-8H,9H2,(H,16,19)(H2,17,18,21). The molecule has 3 rings (SSSR count). The molecular weight excluding hydrogens is 286 g/mol. The highest BCUT2D eigenvalue weighted by Gasteiger charge is 2.05. The van der Waals surface area contributed by atoms with E-state index in [2.05, 4.69) is 15.3 Å². The van der Waals surface area contributed by atoms with Crippen LogP contribution in [0.3, 0.4) is 0 Å². The van der Waals surface area contributed by atoms with Crippen LogP contribution in [-0.2, 0) is 11.3 Å². The van der Waals surface area contributed by atoms with Crippen LogP contribution in [0, 0.1) is 4.77 Å². The number of hydrogen-bond donors (Lipinski definition) is 3. The topological polar surface area (TPSA) is 69.9 Å². The molecule has 3 aromatic rings. The second kappa shape index (κ2) is 5.80. The van der Waals surface area contributed by atoms with Gasteiger partial charge in [0.2, 0.25) is 0 Å². The van der Waals surface area contributed by atoms with Crippen LogP contribution < -0.4 is 5.32 Å². The Morgan fingerprint density at radius 1 is 1.10 bits per heavy atom. The maximum atomic E-state index is 11.8. The molecule has 0 atom stereocenters. The lowest BCUT2D eigenvalue weighted by Gasteiger charge is -2.07. The molecule has 0 saturated carbocycles. The quantitative estimate of drug-likeness (QED) is 0.641. The summed E-state index contributed by atoms with van der Waals surface area (Å²) in [6.45, 7) is 0.238. The van der Waals surface area contributed by atoms with E-state index in [0.717, 1.165) is 16.6 Å². The van der Waals surface area contributed by atoms with Gasteiger partial charge in [-0.3, -0.25) is 5.32 Å². The number of amides is 1. The Morgan fingerprint density at radius 3 is 2.67 bits per heavy atom. The van der Waals surface area contributed by atoms with Crippen LogP contribution in [0.5, 0.6) is 0 Å². The van der Waals surface area contributed by atoms with E-state index >= 15 is 0 Å². The molecule has 2 aromatic carbocycles. The van der Waals surface area contributed by atoms with Crippen molar-refractivity contribution in [1.29, 1.82) is 0 Å². The first kappa shape index (κ1) is 13.4. The van der Waals surface area contributed by atoms with Crippen molar-refractivity contribution in [3.63, 3.8) is 0 Å². The van der Waals surface area contributed by atoms with Gasteiger partial charge in [-0.2, -0.15) is 0 Å². The van der Waals surface area contributed by atoms with Gasteiger partial charge in [0.25, 0.3) is 0 Å². The molecule has 0 radical (unpaired) electrons. The zero-order chi connectivity index (χ0) is 14.7. The van der Waals surface area contributed by atoms with Crippen LogP contribution in [0.4, 0.5) is 10.5 Å². The summed E-state index contributed by atoms with van der Waals surface area (Å²) in [6.07, 6.45) is -0.493. The molecule has 0 aliphatic carbocycles. The lowest BCUT2D eigenvalue weighted by atomic mass is 10.2. The Morgan fingerprint density at radius 2 is 1.86 bits per heavy atom. The predicted molar refractivity (Wildman–Crippen MR) is 83.7 cm³/mol. The zero-order valence-electron chi connectivity index (χ0n) is 11.1. The average Bonchev–Trinajstić information content (AvgIpc) is 2.85. The number of benzene rings is 2. The third kappa shape index (κ3) is 3.29. The lowest BCUT2D eigenvalue weighted by molar-refractivity contribution is 0.155. The zero-order valence-corrected chi connectivity index (χ0v) is 11.9. The SMILES string of the molecule is O=C(Nc1ccc2[nH]c(=S)[nH]c2c1)OCc1ccccc1. The summed E-state index contributed by atoms with van der Waals surface area (Å²) in [4.78, 5) is 17.8. The fourth-order valence-electron chi connectivity index (χ4n) is 1.99. The van der Waals surface area contributed by atoms with Gasteiger partial charge < -0.3 is 14.7 Å². The van der Waals surface area contributed by atoms with Gasteiger partial charge in [-0.25, -0.2) is 4.79 Å². The van der Waals surface area contributed by atoms with Gasteiger partial charge in [0.15, 0.2) is 4.77 Å². The van der Waals surface area contributed by atoms with Crippen LogP contribution in [0.1, 0.15) is 5.56 Å². The summed E-state index contributed by atoms with van der Waals surface area (Å²) in [5.74, 6) is 0. The molecule has 0 bridgehead atoms. The number of rotatable bonds is 3. The number of H-pyrrole nitrogens is 2. The number of fused-ring (bicyclic) bond motifs is 1. The lowest BCUT2D eigenvalue weighted by Crippen LogP contribution is -2.13. The summed E-state index contributed by atoms with van der Waals surface area (Å²) in [5.41, 5.74) is 3.31. The number of aromatic nitrogens is 2. The molecule has 1 amide bonds. The second-order valence-electron chi connectivity index (χ2n) is 4.53. The number of anilines is 1. The molecule has 0 unspecified atom stereocenters. The highest BCUT2D eigenvalue weighted by Crippen LogP contribution is 2.16. The van der Waals surface area contributed by atoms with Crippen LogP contribution in [-0.4, -0.2) is 16.1 Å². The van der Waals surface area contributed by atoms with Gasteiger partial charge in [0.05, 0.1) is 11.0 Å². The number of hydrogen-bond acceptors (Lipinski definition) is 3. The first-order valence-electron chi connectivity index (χ1n) is 6.40. The number of ether oxygens (including phenoxy) is 1. The summed E-state index contributed by atoms with van der Waals surface area (Å²) in [5, 5.41) is 2.68. The number of carbonyl (C=O) groups is 1. The maximum absolute atomic E-state index is 11.8. The third-order valence-corrected chi connectivity index (χ3v) is 3.18. The minimum atomic E-state index is -0.493. The summed E-state index contributed by atoms with van der Waals surface area (Å²) >= 11 is 5.02. The first-order chi connectivity index (χ1) is 10.2. The van der Waals surface area contributed by atoms with Gasteiger partial charge in [-0.05, 0) is 36.0 Å². The van der Waals surface area contributed by atoms with E-state index < -0.39 is 6.09 Å². The molecule has 0 fully saturated rings. The average molecular weight is 299 g/mol.